The number of hydrogen-bond donors (Lipinski definition) is 2. The van der Waals surface area contributed by atoms with E-state index in [1.165, 1.54) is 19.1 Å². The lowest BCUT2D eigenvalue weighted by molar-refractivity contribution is -0.129. The normalized spacial score (nSPS) is 12.1. The Bertz CT molecular complexity index is 923. The zero-order chi connectivity index (χ0) is 20.0. The van der Waals surface area contributed by atoms with Crippen molar-refractivity contribution in [3.8, 4) is 0 Å². The average Bonchev–Trinajstić information content (AvgIpc) is 2.60. The van der Waals surface area contributed by atoms with Crippen molar-refractivity contribution in [1.29, 1.82) is 0 Å². The number of ether oxygens (including phenoxy) is 1. The number of hydrogen-bond acceptors (Lipinski definition) is 5. The van der Waals surface area contributed by atoms with Gasteiger partial charge in [-0.15, -0.1) is 0 Å². The van der Waals surface area contributed by atoms with Gasteiger partial charge in [-0.05, 0) is 31.5 Å². The molecule has 0 saturated heterocycles. The zero-order valence-electron chi connectivity index (χ0n) is 15.4. The van der Waals surface area contributed by atoms with E-state index in [9.17, 15) is 18.0 Å². The summed E-state index contributed by atoms with van der Waals surface area (Å²) in [6, 6.07) is 13.7. The van der Waals surface area contributed by atoms with Gasteiger partial charge >= 0.3 is 5.97 Å². The van der Waals surface area contributed by atoms with Crippen molar-refractivity contribution in [2.75, 3.05) is 11.0 Å². The molecule has 0 unspecified atom stereocenters. The molecular weight excluding hydrogens is 368 g/mol. The summed E-state index contributed by atoms with van der Waals surface area (Å²) in [5, 5.41) is 2.70. The fourth-order valence-corrected chi connectivity index (χ4v) is 2.84. The Balaban J connectivity index is 1.98. The lowest BCUT2D eigenvalue weighted by atomic mass is 10.1. The smallest absolute Gasteiger partial charge is 0.341 e. The number of esters is 1. The van der Waals surface area contributed by atoms with Crippen molar-refractivity contribution in [1.82, 2.24) is 5.32 Å². The molecule has 0 aliphatic heterocycles. The van der Waals surface area contributed by atoms with Crippen molar-refractivity contribution >= 4 is 27.6 Å². The summed E-state index contributed by atoms with van der Waals surface area (Å²) in [5.74, 6) is -1.24. The summed E-state index contributed by atoms with van der Waals surface area (Å²) in [6.07, 6.45) is -0.0507. The maximum absolute atomic E-state index is 12.3. The van der Waals surface area contributed by atoms with Crippen LogP contribution in [0.25, 0.3) is 0 Å². The topological polar surface area (TPSA) is 102 Å². The first kappa shape index (κ1) is 20.4. The van der Waals surface area contributed by atoms with Gasteiger partial charge in [0.25, 0.3) is 5.91 Å². The second-order valence-corrected chi connectivity index (χ2v) is 7.92. The molecule has 2 aromatic rings. The van der Waals surface area contributed by atoms with E-state index in [1.807, 2.05) is 31.2 Å². The summed E-state index contributed by atoms with van der Waals surface area (Å²) in [7, 11) is -3.56. The monoisotopic (exact) mass is 390 g/mol. The SMILES string of the molecule is Cc1ccc(CNC(=O)[C@H](C)OC(=O)c2ccccc2NS(C)(=O)=O)cc1. The van der Waals surface area contributed by atoms with Gasteiger partial charge in [0.2, 0.25) is 10.0 Å². The number of nitrogens with one attached hydrogen (secondary N) is 2. The molecule has 0 heterocycles. The quantitative estimate of drug-likeness (QED) is 0.706. The molecule has 7 nitrogen and oxygen atoms in total. The van der Waals surface area contributed by atoms with Gasteiger partial charge in [0.1, 0.15) is 0 Å². The number of aryl methyl sites for hydroxylation is 1. The van der Waals surface area contributed by atoms with Crippen LogP contribution in [0.2, 0.25) is 0 Å². The third kappa shape index (κ3) is 6.41. The number of para-hydroxylation sites is 1. The molecule has 1 amide bonds. The number of benzene rings is 2. The molecule has 0 aliphatic carbocycles. The first-order valence-corrected chi connectivity index (χ1v) is 10.2. The molecule has 0 spiro atoms. The molecule has 0 aromatic heterocycles. The fourth-order valence-electron chi connectivity index (χ4n) is 2.27. The Morgan fingerprint density at radius 2 is 1.70 bits per heavy atom. The van der Waals surface area contributed by atoms with E-state index in [0.29, 0.717) is 6.54 Å². The Morgan fingerprint density at radius 1 is 1.07 bits per heavy atom. The molecule has 2 rings (SSSR count). The maximum Gasteiger partial charge on any atom is 0.341 e. The van der Waals surface area contributed by atoms with E-state index in [-0.39, 0.29) is 11.3 Å². The molecule has 0 aliphatic rings. The molecule has 0 fully saturated rings. The molecule has 144 valence electrons. The Kier molecular flexibility index (Phi) is 6.57. The van der Waals surface area contributed by atoms with Gasteiger partial charge in [-0.3, -0.25) is 9.52 Å². The van der Waals surface area contributed by atoms with Gasteiger partial charge in [0.05, 0.1) is 17.5 Å². The highest BCUT2D eigenvalue weighted by atomic mass is 32.2. The first-order chi connectivity index (χ1) is 12.7. The number of amides is 1. The summed E-state index contributed by atoms with van der Waals surface area (Å²) in [5.41, 5.74) is 2.17. The zero-order valence-corrected chi connectivity index (χ0v) is 16.2. The highest BCUT2D eigenvalue weighted by Crippen LogP contribution is 2.18. The second kappa shape index (κ2) is 8.68. The van der Waals surface area contributed by atoms with Crippen LogP contribution in [0.3, 0.4) is 0 Å². The van der Waals surface area contributed by atoms with Crippen LogP contribution in [0.4, 0.5) is 5.69 Å². The van der Waals surface area contributed by atoms with Crippen molar-refractivity contribution < 1.29 is 22.7 Å². The summed E-state index contributed by atoms with van der Waals surface area (Å²) < 4.78 is 30.3. The van der Waals surface area contributed by atoms with Crippen LogP contribution in [-0.4, -0.2) is 32.7 Å². The molecule has 0 bridgehead atoms. The van der Waals surface area contributed by atoms with Gasteiger partial charge < -0.3 is 10.1 Å². The highest BCUT2D eigenvalue weighted by Gasteiger charge is 2.21. The third-order valence-electron chi connectivity index (χ3n) is 3.68. The van der Waals surface area contributed by atoms with Gasteiger partial charge in [-0.2, -0.15) is 0 Å². The van der Waals surface area contributed by atoms with E-state index in [0.717, 1.165) is 17.4 Å². The van der Waals surface area contributed by atoms with E-state index >= 15 is 0 Å². The van der Waals surface area contributed by atoms with Gasteiger partial charge in [-0.1, -0.05) is 42.0 Å². The van der Waals surface area contributed by atoms with Crippen molar-refractivity contribution in [2.45, 2.75) is 26.5 Å². The third-order valence-corrected chi connectivity index (χ3v) is 4.27. The highest BCUT2D eigenvalue weighted by molar-refractivity contribution is 7.92. The standard InChI is InChI=1S/C19H22N2O5S/c1-13-8-10-15(11-9-13)12-20-18(22)14(2)26-19(23)16-6-4-5-7-17(16)21-27(3,24)25/h4-11,14,21H,12H2,1-3H3,(H,20,22)/t14-/m0/s1. The number of anilines is 1. The Hall–Kier alpha value is -2.87. The largest absolute Gasteiger partial charge is 0.449 e. The fraction of sp³-hybridized carbons (Fsp3) is 0.263. The lowest BCUT2D eigenvalue weighted by Gasteiger charge is -2.15. The second-order valence-electron chi connectivity index (χ2n) is 6.17. The molecule has 0 saturated carbocycles. The number of carbonyl (C=O) groups is 2. The van der Waals surface area contributed by atoms with Gasteiger partial charge in [0.15, 0.2) is 6.10 Å². The minimum atomic E-state index is -3.56. The Morgan fingerprint density at radius 3 is 2.33 bits per heavy atom. The van der Waals surface area contributed by atoms with Crippen LogP contribution in [0, 0.1) is 6.92 Å². The number of rotatable bonds is 7. The summed E-state index contributed by atoms with van der Waals surface area (Å²) in [6.45, 7) is 3.74. The van der Waals surface area contributed by atoms with Crippen LogP contribution >= 0.6 is 0 Å². The van der Waals surface area contributed by atoms with Crippen LogP contribution in [0.5, 0.6) is 0 Å². The van der Waals surface area contributed by atoms with Crippen molar-refractivity contribution in [3.05, 3.63) is 65.2 Å². The van der Waals surface area contributed by atoms with E-state index in [2.05, 4.69) is 10.0 Å². The molecule has 2 N–H and O–H groups in total. The van der Waals surface area contributed by atoms with E-state index in [1.54, 1.807) is 12.1 Å². The summed E-state index contributed by atoms with van der Waals surface area (Å²) in [4.78, 5) is 24.5. The van der Waals surface area contributed by atoms with E-state index in [4.69, 9.17) is 4.74 Å². The Labute approximate surface area is 158 Å². The average molecular weight is 390 g/mol. The molecule has 8 heteroatoms. The minimum Gasteiger partial charge on any atom is -0.449 e. The molecule has 27 heavy (non-hydrogen) atoms. The van der Waals surface area contributed by atoms with Crippen LogP contribution in [-0.2, 0) is 26.1 Å². The van der Waals surface area contributed by atoms with E-state index < -0.39 is 28.0 Å². The number of sulfonamides is 1. The predicted molar refractivity (Wildman–Crippen MR) is 103 cm³/mol. The van der Waals surface area contributed by atoms with Crippen LogP contribution in [0.15, 0.2) is 48.5 Å². The van der Waals surface area contributed by atoms with Gasteiger partial charge in [-0.25, -0.2) is 13.2 Å². The predicted octanol–water partition coefficient (Wildman–Crippen LogP) is 2.23. The number of carbonyl (C=O) groups excluding carboxylic acids is 2. The molecular formula is C19H22N2O5S. The van der Waals surface area contributed by atoms with Crippen molar-refractivity contribution in [2.24, 2.45) is 0 Å². The molecule has 1 atom stereocenters. The summed E-state index contributed by atoms with van der Waals surface area (Å²) >= 11 is 0. The lowest BCUT2D eigenvalue weighted by Crippen LogP contribution is -2.35. The first-order valence-electron chi connectivity index (χ1n) is 8.27. The molecule has 2 aromatic carbocycles. The maximum atomic E-state index is 12.3. The van der Waals surface area contributed by atoms with Crippen molar-refractivity contribution in [3.63, 3.8) is 0 Å². The van der Waals surface area contributed by atoms with Crippen LogP contribution < -0.4 is 10.0 Å². The minimum absolute atomic E-state index is 0.0288. The molecule has 0 radical (unpaired) electrons. The van der Waals surface area contributed by atoms with Gasteiger partial charge in [0, 0.05) is 6.54 Å². The van der Waals surface area contributed by atoms with Crippen LogP contribution in [0.1, 0.15) is 28.4 Å².